The third-order valence-electron chi connectivity index (χ3n) is 2.66. The van der Waals surface area contributed by atoms with Gasteiger partial charge in [0.1, 0.15) is 11.3 Å². The van der Waals surface area contributed by atoms with E-state index in [2.05, 4.69) is 25.9 Å². The Morgan fingerprint density at radius 3 is 2.85 bits per heavy atom. The Kier molecular flexibility index (Phi) is 2.64. The molecule has 3 heterocycles. The molecule has 0 unspecified atom stereocenters. The van der Waals surface area contributed by atoms with Gasteiger partial charge >= 0.3 is 0 Å². The minimum Gasteiger partial charge on any atom is -0.506 e. The smallest absolute Gasteiger partial charge is 0.268 e. The monoisotopic (exact) mass is 272 g/mol. The molecule has 100 valence electrons. The molecule has 9 nitrogen and oxygen atoms in total. The molecular weight excluding hydrogens is 264 g/mol. The van der Waals surface area contributed by atoms with Crippen LogP contribution in [0.4, 0.5) is 5.95 Å². The van der Waals surface area contributed by atoms with Gasteiger partial charge in [0.25, 0.3) is 11.5 Å². The quantitative estimate of drug-likeness (QED) is 0.591. The molecule has 1 amide bonds. The van der Waals surface area contributed by atoms with Crippen LogP contribution in [0.1, 0.15) is 10.4 Å². The van der Waals surface area contributed by atoms with Crippen LogP contribution in [0.15, 0.2) is 35.3 Å². The lowest BCUT2D eigenvalue weighted by Gasteiger charge is -2.04. The Bertz CT molecular complexity index is 839. The van der Waals surface area contributed by atoms with E-state index < -0.39 is 11.5 Å². The van der Waals surface area contributed by atoms with Crippen LogP contribution in [0, 0.1) is 0 Å². The highest BCUT2D eigenvalue weighted by Gasteiger charge is 2.14. The van der Waals surface area contributed by atoms with Gasteiger partial charge in [-0.05, 0) is 34.7 Å². The molecule has 3 rings (SSSR count). The molecule has 3 aromatic rings. The molecular formula is C11H8N6O3. The molecule has 3 aromatic heterocycles. The van der Waals surface area contributed by atoms with Crippen molar-refractivity contribution in [2.45, 2.75) is 0 Å². The molecule has 0 spiro atoms. The first kappa shape index (κ1) is 11.8. The van der Waals surface area contributed by atoms with Gasteiger partial charge < -0.3 is 5.11 Å². The summed E-state index contributed by atoms with van der Waals surface area (Å²) in [6.45, 7) is 0. The van der Waals surface area contributed by atoms with Gasteiger partial charge in [0.05, 0.1) is 6.20 Å². The standard InChI is InChI=1S/C11H8N6O3/c18-7-3-1-6-2-4-8(10(20)17(6)5-7)9(19)12-11-13-15-16-14-11/h1-5,18H,(H2,12,13,14,15,16,19). The summed E-state index contributed by atoms with van der Waals surface area (Å²) in [5, 5.41) is 24.2. The second-order valence-electron chi connectivity index (χ2n) is 3.94. The van der Waals surface area contributed by atoms with Crippen molar-refractivity contribution in [1.29, 1.82) is 0 Å². The molecule has 0 aliphatic heterocycles. The lowest BCUT2D eigenvalue weighted by Crippen LogP contribution is -2.26. The number of rotatable bonds is 2. The van der Waals surface area contributed by atoms with Crippen molar-refractivity contribution >= 4 is 17.4 Å². The van der Waals surface area contributed by atoms with Gasteiger partial charge in [0, 0.05) is 5.52 Å². The zero-order valence-corrected chi connectivity index (χ0v) is 9.94. The van der Waals surface area contributed by atoms with E-state index in [0.717, 1.165) is 0 Å². The summed E-state index contributed by atoms with van der Waals surface area (Å²) >= 11 is 0. The number of aromatic amines is 1. The Morgan fingerprint density at radius 1 is 1.30 bits per heavy atom. The average Bonchev–Trinajstić information content (AvgIpc) is 2.92. The van der Waals surface area contributed by atoms with Gasteiger partial charge in [-0.3, -0.25) is 19.3 Å². The number of hydrogen-bond donors (Lipinski definition) is 3. The van der Waals surface area contributed by atoms with Crippen LogP contribution >= 0.6 is 0 Å². The minimum atomic E-state index is -0.647. The van der Waals surface area contributed by atoms with Gasteiger partial charge in [-0.25, -0.2) is 5.10 Å². The van der Waals surface area contributed by atoms with Crippen LogP contribution in [0.5, 0.6) is 5.75 Å². The molecule has 0 saturated heterocycles. The second kappa shape index (κ2) is 4.46. The van der Waals surface area contributed by atoms with Crippen LogP contribution in [0.3, 0.4) is 0 Å². The lowest BCUT2D eigenvalue weighted by molar-refractivity contribution is 0.102. The van der Waals surface area contributed by atoms with Crippen LogP contribution < -0.4 is 10.9 Å². The number of nitrogens with one attached hydrogen (secondary N) is 2. The van der Waals surface area contributed by atoms with Crippen LogP contribution in [0.25, 0.3) is 5.52 Å². The molecule has 20 heavy (non-hydrogen) atoms. The summed E-state index contributed by atoms with van der Waals surface area (Å²) in [5.74, 6) is -0.682. The highest BCUT2D eigenvalue weighted by Crippen LogP contribution is 2.10. The maximum absolute atomic E-state index is 12.2. The highest BCUT2D eigenvalue weighted by molar-refractivity contribution is 6.03. The number of anilines is 1. The van der Waals surface area contributed by atoms with Crippen molar-refractivity contribution in [3.63, 3.8) is 0 Å². The number of fused-ring (bicyclic) bond motifs is 1. The zero-order valence-electron chi connectivity index (χ0n) is 9.94. The van der Waals surface area contributed by atoms with E-state index in [0.29, 0.717) is 5.52 Å². The third kappa shape index (κ3) is 1.96. The molecule has 0 saturated carbocycles. The van der Waals surface area contributed by atoms with Gasteiger partial charge in [0.2, 0.25) is 5.95 Å². The number of carbonyl (C=O) groups excluding carboxylic acids is 1. The van der Waals surface area contributed by atoms with Gasteiger partial charge in [0.15, 0.2) is 0 Å². The van der Waals surface area contributed by atoms with Crippen molar-refractivity contribution in [3.05, 3.63) is 46.4 Å². The van der Waals surface area contributed by atoms with E-state index in [-0.39, 0.29) is 17.3 Å². The summed E-state index contributed by atoms with van der Waals surface area (Å²) in [6.07, 6.45) is 1.24. The number of amides is 1. The van der Waals surface area contributed by atoms with Crippen molar-refractivity contribution in [2.24, 2.45) is 0 Å². The Balaban J connectivity index is 2.06. The normalized spacial score (nSPS) is 10.6. The molecule has 0 aromatic carbocycles. The van der Waals surface area contributed by atoms with Gasteiger partial charge in [-0.15, -0.1) is 0 Å². The molecule has 0 atom stereocenters. The summed E-state index contributed by atoms with van der Waals surface area (Å²) < 4.78 is 1.18. The first-order valence-corrected chi connectivity index (χ1v) is 5.54. The fraction of sp³-hybridized carbons (Fsp3) is 0. The average molecular weight is 272 g/mol. The number of tetrazole rings is 1. The zero-order chi connectivity index (χ0) is 14.1. The SMILES string of the molecule is O=C(Nc1nnn[nH]1)c1ccc2ccc(O)cn2c1=O. The van der Waals surface area contributed by atoms with E-state index in [1.165, 1.54) is 22.7 Å². The number of nitrogens with zero attached hydrogens (tertiary/aromatic N) is 4. The topological polar surface area (TPSA) is 125 Å². The second-order valence-corrected chi connectivity index (χ2v) is 3.94. The summed E-state index contributed by atoms with van der Waals surface area (Å²) in [5.41, 5.74) is -0.0847. The Morgan fingerprint density at radius 2 is 2.10 bits per heavy atom. The molecule has 0 aliphatic carbocycles. The van der Waals surface area contributed by atoms with Crippen LogP contribution in [-0.4, -0.2) is 36.0 Å². The van der Waals surface area contributed by atoms with E-state index >= 15 is 0 Å². The van der Waals surface area contributed by atoms with Crippen molar-refractivity contribution in [1.82, 2.24) is 25.0 Å². The lowest BCUT2D eigenvalue weighted by atomic mass is 10.2. The van der Waals surface area contributed by atoms with E-state index in [4.69, 9.17) is 0 Å². The van der Waals surface area contributed by atoms with Crippen LogP contribution in [-0.2, 0) is 0 Å². The number of aromatic nitrogens is 5. The van der Waals surface area contributed by atoms with E-state index in [1.807, 2.05) is 0 Å². The molecule has 0 radical (unpaired) electrons. The first-order valence-electron chi connectivity index (χ1n) is 5.54. The van der Waals surface area contributed by atoms with E-state index in [1.54, 1.807) is 12.1 Å². The molecule has 0 fully saturated rings. The minimum absolute atomic E-state index is 0.0374. The molecule has 0 aliphatic rings. The Labute approximate surface area is 110 Å². The number of aromatic hydroxyl groups is 1. The summed E-state index contributed by atoms with van der Waals surface area (Å²) in [4.78, 5) is 24.1. The maximum Gasteiger partial charge on any atom is 0.268 e. The number of pyridine rings is 2. The van der Waals surface area contributed by atoms with Crippen LogP contribution in [0.2, 0.25) is 0 Å². The maximum atomic E-state index is 12.2. The molecule has 0 bridgehead atoms. The molecule has 3 N–H and O–H groups in total. The Hall–Kier alpha value is -3.23. The molecule has 9 heteroatoms. The van der Waals surface area contributed by atoms with Crippen molar-refractivity contribution in [2.75, 3.05) is 5.32 Å². The van der Waals surface area contributed by atoms with Gasteiger partial charge in [-0.1, -0.05) is 5.10 Å². The predicted molar refractivity (Wildman–Crippen MR) is 67.5 cm³/mol. The van der Waals surface area contributed by atoms with Crippen molar-refractivity contribution in [3.8, 4) is 5.75 Å². The van der Waals surface area contributed by atoms with E-state index in [9.17, 15) is 14.7 Å². The van der Waals surface area contributed by atoms with Gasteiger partial charge in [-0.2, -0.15) is 0 Å². The third-order valence-corrected chi connectivity index (χ3v) is 2.66. The fourth-order valence-corrected chi connectivity index (χ4v) is 1.74. The first-order chi connectivity index (χ1) is 9.65. The number of H-pyrrole nitrogens is 1. The summed E-state index contributed by atoms with van der Waals surface area (Å²) in [7, 11) is 0. The fourth-order valence-electron chi connectivity index (χ4n) is 1.74. The highest BCUT2D eigenvalue weighted by atomic mass is 16.3. The predicted octanol–water partition coefficient (Wildman–Crippen LogP) is -0.230. The largest absolute Gasteiger partial charge is 0.506 e. The number of carbonyl (C=O) groups is 1. The number of hydrogen-bond acceptors (Lipinski definition) is 6. The van der Waals surface area contributed by atoms with Crippen molar-refractivity contribution < 1.29 is 9.90 Å². The summed E-state index contributed by atoms with van der Waals surface area (Å²) in [6, 6.07) is 6.01.